The van der Waals surface area contributed by atoms with E-state index in [9.17, 15) is 4.79 Å². The predicted molar refractivity (Wildman–Crippen MR) is 84.5 cm³/mol. The summed E-state index contributed by atoms with van der Waals surface area (Å²) in [6.07, 6.45) is 0.129. The summed E-state index contributed by atoms with van der Waals surface area (Å²) in [7, 11) is 0. The number of nitrogens with two attached hydrogens (primary N) is 1. The Morgan fingerprint density at radius 2 is 1.90 bits per heavy atom. The second kappa shape index (κ2) is 6.90. The summed E-state index contributed by atoms with van der Waals surface area (Å²) < 4.78 is 5.56. The van der Waals surface area contributed by atoms with Gasteiger partial charge in [-0.05, 0) is 55.8 Å². The third-order valence-electron chi connectivity index (χ3n) is 2.91. The summed E-state index contributed by atoms with van der Waals surface area (Å²) in [4.78, 5) is 12.2. The zero-order chi connectivity index (χ0) is 15.2. The number of hydrogen-bond acceptors (Lipinski definition) is 3. The van der Waals surface area contributed by atoms with Gasteiger partial charge in [-0.3, -0.25) is 4.79 Å². The maximum Gasteiger partial charge on any atom is 0.255 e. The number of amides is 1. The van der Waals surface area contributed by atoms with Crippen LogP contribution in [0.25, 0.3) is 0 Å². The lowest BCUT2D eigenvalue weighted by Gasteiger charge is -2.11. The molecular weight excluding hydrogens is 264 g/mol. The van der Waals surface area contributed by atoms with Crippen LogP contribution in [0.2, 0.25) is 0 Å². The van der Waals surface area contributed by atoms with E-state index in [4.69, 9.17) is 10.5 Å². The van der Waals surface area contributed by atoms with Crippen LogP contribution in [0.5, 0.6) is 5.75 Å². The van der Waals surface area contributed by atoms with E-state index < -0.39 is 0 Å². The topological polar surface area (TPSA) is 64.3 Å². The summed E-state index contributed by atoms with van der Waals surface area (Å²) in [6, 6.07) is 14.6. The molecule has 1 amide bonds. The van der Waals surface area contributed by atoms with E-state index >= 15 is 0 Å². The molecule has 3 N–H and O–H groups in total. The first-order valence-electron chi connectivity index (χ1n) is 6.95. The molecule has 0 fully saturated rings. The predicted octanol–water partition coefficient (Wildman–Crippen LogP) is 3.18. The average Bonchev–Trinajstić information content (AvgIpc) is 2.49. The van der Waals surface area contributed by atoms with Gasteiger partial charge in [0.25, 0.3) is 5.91 Å². The van der Waals surface area contributed by atoms with E-state index in [1.165, 1.54) is 0 Å². The van der Waals surface area contributed by atoms with E-state index in [-0.39, 0.29) is 12.0 Å². The molecule has 2 rings (SSSR count). The van der Waals surface area contributed by atoms with Crippen molar-refractivity contribution >= 4 is 11.6 Å². The number of carbonyl (C=O) groups is 1. The lowest BCUT2D eigenvalue weighted by molar-refractivity contribution is 0.102. The third-order valence-corrected chi connectivity index (χ3v) is 2.91. The fraction of sp³-hybridized carbons (Fsp3) is 0.235. The minimum absolute atomic E-state index is 0.129. The third kappa shape index (κ3) is 4.33. The molecule has 4 heteroatoms. The van der Waals surface area contributed by atoms with Crippen molar-refractivity contribution in [2.24, 2.45) is 5.73 Å². The number of ether oxygens (including phenoxy) is 1. The Kier molecular flexibility index (Phi) is 4.95. The maximum atomic E-state index is 12.2. The van der Waals surface area contributed by atoms with Gasteiger partial charge in [-0.15, -0.1) is 0 Å². The fourth-order valence-corrected chi connectivity index (χ4v) is 1.93. The first-order valence-corrected chi connectivity index (χ1v) is 6.95. The van der Waals surface area contributed by atoms with Gasteiger partial charge in [-0.25, -0.2) is 0 Å². The molecule has 110 valence electrons. The van der Waals surface area contributed by atoms with E-state index in [2.05, 4.69) is 5.32 Å². The van der Waals surface area contributed by atoms with Gasteiger partial charge in [-0.2, -0.15) is 0 Å². The Hall–Kier alpha value is -2.33. The van der Waals surface area contributed by atoms with E-state index in [1.54, 1.807) is 12.1 Å². The Bertz CT molecular complexity index is 606. The first-order chi connectivity index (χ1) is 10.1. The van der Waals surface area contributed by atoms with Crippen LogP contribution in [-0.2, 0) is 6.54 Å². The van der Waals surface area contributed by atoms with Gasteiger partial charge < -0.3 is 15.8 Å². The largest absolute Gasteiger partial charge is 0.491 e. The van der Waals surface area contributed by atoms with Crippen molar-refractivity contribution in [3.8, 4) is 5.75 Å². The highest BCUT2D eigenvalue weighted by Crippen LogP contribution is 2.17. The van der Waals surface area contributed by atoms with Crippen LogP contribution in [0.3, 0.4) is 0 Å². The highest BCUT2D eigenvalue weighted by Gasteiger charge is 2.07. The molecule has 0 aliphatic rings. The molecule has 21 heavy (non-hydrogen) atoms. The SMILES string of the molecule is CC(C)Oc1ccc(NC(=O)c2cccc(CN)c2)cc1. The van der Waals surface area contributed by atoms with Crippen LogP contribution < -0.4 is 15.8 Å². The lowest BCUT2D eigenvalue weighted by atomic mass is 10.1. The van der Waals surface area contributed by atoms with Crippen molar-refractivity contribution in [3.05, 3.63) is 59.7 Å². The summed E-state index contributed by atoms with van der Waals surface area (Å²) in [6.45, 7) is 4.36. The highest BCUT2D eigenvalue weighted by molar-refractivity contribution is 6.04. The van der Waals surface area contributed by atoms with Gasteiger partial charge in [0.1, 0.15) is 5.75 Å². The van der Waals surface area contributed by atoms with Crippen LogP contribution in [-0.4, -0.2) is 12.0 Å². The number of carbonyl (C=O) groups excluding carboxylic acids is 1. The molecule has 0 bridgehead atoms. The van der Waals surface area contributed by atoms with Crippen molar-refractivity contribution in [2.75, 3.05) is 5.32 Å². The van der Waals surface area contributed by atoms with Crippen molar-refractivity contribution in [1.82, 2.24) is 0 Å². The molecule has 0 aliphatic carbocycles. The van der Waals surface area contributed by atoms with E-state index in [1.807, 2.05) is 50.2 Å². The van der Waals surface area contributed by atoms with Gasteiger partial charge in [0, 0.05) is 17.8 Å². The lowest BCUT2D eigenvalue weighted by Crippen LogP contribution is -2.12. The zero-order valence-corrected chi connectivity index (χ0v) is 12.3. The smallest absolute Gasteiger partial charge is 0.255 e. The summed E-state index contributed by atoms with van der Waals surface area (Å²) >= 11 is 0. The molecule has 0 saturated carbocycles. The Morgan fingerprint density at radius 1 is 1.19 bits per heavy atom. The van der Waals surface area contributed by atoms with Crippen molar-refractivity contribution in [3.63, 3.8) is 0 Å². The van der Waals surface area contributed by atoms with Crippen LogP contribution in [0, 0.1) is 0 Å². The van der Waals surface area contributed by atoms with Crippen LogP contribution in [0.15, 0.2) is 48.5 Å². The molecular formula is C17H20N2O2. The summed E-state index contributed by atoms with van der Waals surface area (Å²) in [5.74, 6) is 0.635. The molecule has 2 aromatic rings. The van der Waals surface area contributed by atoms with Crippen molar-refractivity contribution in [2.45, 2.75) is 26.5 Å². The minimum atomic E-state index is -0.150. The maximum absolute atomic E-state index is 12.2. The van der Waals surface area contributed by atoms with Crippen molar-refractivity contribution in [1.29, 1.82) is 0 Å². The second-order valence-electron chi connectivity index (χ2n) is 5.05. The van der Waals surface area contributed by atoms with Gasteiger partial charge in [0.05, 0.1) is 6.10 Å². The molecule has 0 aromatic heterocycles. The Balaban J connectivity index is 2.05. The Labute approximate surface area is 124 Å². The number of hydrogen-bond donors (Lipinski definition) is 2. The quantitative estimate of drug-likeness (QED) is 0.886. The zero-order valence-electron chi connectivity index (χ0n) is 12.3. The standard InChI is InChI=1S/C17H20N2O2/c1-12(2)21-16-8-6-15(7-9-16)19-17(20)14-5-3-4-13(10-14)11-18/h3-10,12H,11,18H2,1-2H3,(H,19,20). The normalized spacial score (nSPS) is 10.5. The number of benzene rings is 2. The van der Waals surface area contributed by atoms with E-state index in [0.717, 1.165) is 17.0 Å². The number of anilines is 1. The monoisotopic (exact) mass is 284 g/mol. The molecule has 0 aliphatic heterocycles. The van der Waals surface area contributed by atoms with Crippen molar-refractivity contribution < 1.29 is 9.53 Å². The van der Waals surface area contributed by atoms with Crippen LogP contribution in [0.1, 0.15) is 29.8 Å². The number of rotatable bonds is 5. The summed E-state index contributed by atoms with van der Waals surface area (Å²) in [5, 5.41) is 2.85. The molecule has 2 aromatic carbocycles. The second-order valence-corrected chi connectivity index (χ2v) is 5.05. The molecule has 0 radical (unpaired) electrons. The molecule has 4 nitrogen and oxygen atoms in total. The minimum Gasteiger partial charge on any atom is -0.491 e. The van der Waals surface area contributed by atoms with Gasteiger partial charge in [-0.1, -0.05) is 12.1 Å². The van der Waals surface area contributed by atoms with Crippen LogP contribution >= 0.6 is 0 Å². The molecule has 0 saturated heterocycles. The molecule has 0 spiro atoms. The molecule has 0 atom stereocenters. The highest BCUT2D eigenvalue weighted by atomic mass is 16.5. The summed E-state index contributed by atoms with van der Waals surface area (Å²) in [5.41, 5.74) is 7.84. The molecule has 0 heterocycles. The van der Waals surface area contributed by atoms with Gasteiger partial charge in [0.15, 0.2) is 0 Å². The fourth-order valence-electron chi connectivity index (χ4n) is 1.93. The average molecular weight is 284 g/mol. The van der Waals surface area contributed by atoms with Gasteiger partial charge >= 0.3 is 0 Å². The van der Waals surface area contributed by atoms with E-state index in [0.29, 0.717) is 12.1 Å². The van der Waals surface area contributed by atoms with Crippen LogP contribution in [0.4, 0.5) is 5.69 Å². The Morgan fingerprint density at radius 3 is 2.52 bits per heavy atom. The van der Waals surface area contributed by atoms with Gasteiger partial charge in [0.2, 0.25) is 0 Å². The molecule has 0 unspecified atom stereocenters. The number of nitrogens with one attached hydrogen (secondary N) is 1. The first kappa shape index (κ1) is 15.1.